The number of ether oxygens (including phenoxy) is 1. The summed E-state index contributed by atoms with van der Waals surface area (Å²) in [5.41, 5.74) is 5.30. The van der Waals surface area contributed by atoms with Crippen LogP contribution in [0.1, 0.15) is 38.2 Å². The van der Waals surface area contributed by atoms with Crippen LogP contribution in [0.4, 0.5) is 0 Å². The molecule has 0 N–H and O–H groups in total. The van der Waals surface area contributed by atoms with Gasteiger partial charge in [-0.15, -0.1) is 0 Å². The lowest BCUT2D eigenvalue weighted by molar-refractivity contribution is 0.0510. The van der Waals surface area contributed by atoms with Gasteiger partial charge in [0.25, 0.3) is 0 Å². The molecular weight excluding hydrogens is 368 g/mol. The highest BCUT2D eigenvalue weighted by atomic mass is 32.1. The van der Waals surface area contributed by atoms with Crippen LogP contribution in [-0.4, -0.2) is 12.6 Å². The van der Waals surface area contributed by atoms with Crippen LogP contribution in [0.2, 0.25) is 0 Å². The molecular formula is C23H14N2O2S. The summed E-state index contributed by atoms with van der Waals surface area (Å²) in [5, 5.41) is 23.1. The van der Waals surface area contributed by atoms with Crippen LogP contribution in [0.15, 0.2) is 53.7 Å². The van der Waals surface area contributed by atoms with Crippen LogP contribution in [0, 0.1) is 22.7 Å². The normalized spacial score (nSPS) is 11.3. The van der Waals surface area contributed by atoms with Crippen LogP contribution in [0.5, 0.6) is 0 Å². The number of nitrogens with zero attached hydrogens (tertiary/aromatic N) is 2. The van der Waals surface area contributed by atoms with E-state index in [0.717, 1.165) is 16.7 Å². The number of hydrogen-bond donors (Lipinski definition) is 0. The smallest absolute Gasteiger partial charge is 0.338 e. The van der Waals surface area contributed by atoms with Gasteiger partial charge in [0.2, 0.25) is 0 Å². The van der Waals surface area contributed by atoms with E-state index in [2.05, 4.69) is 12.6 Å². The number of esters is 1. The summed E-state index contributed by atoms with van der Waals surface area (Å²) in [7, 11) is 0. The molecule has 2 aromatic carbocycles. The summed E-state index contributed by atoms with van der Waals surface area (Å²) in [6.45, 7) is 4.35. The van der Waals surface area contributed by atoms with Crippen molar-refractivity contribution in [2.75, 3.05) is 6.61 Å². The quantitative estimate of drug-likeness (QED) is 0.469. The van der Waals surface area contributed by atoms with Crippen molar-refractivity contribution in [3.8, 4) is 23.3 Å². The predicted octanol–water partition coefficient (Wildman–Crippen LogP) is 4.93. The van der Waals surface area contributed by atoms with Gasteiger partial charge in [-0.1, -0.05) is 30.8 Å². The highest BCUT2D eigenvalue weighted by Gasteiger charge is 2.32. The van der Waals surface area contributed by atoms with Gasteiger partial charge in [-0.3, -0.25) is 0 Å². The van der Waals surface area contributed by atoms with E-state index in [1.54, 1.807) is 11.3 Å². The molecule has 28 heavy (non-hydrogen) atoms. The van der Waals surface area contributed by atoms with Crippen molar-refractivity contribution in [3.63, 3.8) is 0 Å². The number of carbonyl (C=O) groups is 1. The Morgan fingerprint density at radius 3 is 2.57 bits per heavy atom. The Hall–Kier alpha value is -3.67. The second-order valence-electron chi connectivity index (χ2n) is 6.36. The predicted molar refractivity (Wildman–Crippen MR) is 108 cm³/mol. The van der Waals surface area contributed by atoms with Crippen LogP contribution in [0.3, 0.4) is 0 Å². The molecule has 0 radical (unpaired) electrons. The Bertz CT molecular complexity index is 1190. The van der Waals surface area contributed by atoms with E-state index in [1.807, 2.05) is 47.2 Å². The van der Waals surface area contributed by atoms with Gasteiger partial charge in [-0.05, 0) is 45.2 Å². The maximum absolute atomic E-state index is 12.9. The van der Waals surface area contributed by atoms with Crippen LogP contribution in [0.25, 0.3) is 16.7 Å². The van der Waals surface area contributed by atoms with E-state index >= 15 is 0 Å². The molecule has 0 bridgehead atoms. The lowest BCUT2D eigenvalue weighted by Crippen LogP contribution is -2.11. The van der Waals surface area contributed by atoms with Crippen LogP contribution < -0.4 is 0 Å². The summed E-state index contributed by atoms with van der Waals surface area (Å²) in [6, 6.07) is 15.1. The molecule has 0 unspecified atom stereocenters. The molecule has 1 aliphatic rings. The van der Waals surface area contributed by atoms with Gasteiger partial charge in [0.05, 0.1) is 23.3 Å². The first kappa shape index (κ1) is 17.7. The number of carbonyl (C=O) groups excluding carboxylic acids is 1. The number of hydrogen-bond acceptors (Lipinski definition) is 5. The highest BCUT2D eigenvalue weighted by Crippen LogP contribution is 2.47. The largest absolute Gasteiger partial charge is 0.462 e. The molecule has 0 saturated carbocycles. The summed E-state index contributed by atoms with van der Waals surface area (Å²) in [6.07, 6.45) is 0.627. The fraction of sp³-hybridized carbons (Fsp3) is 0.0870. The first-order valence-corrected chi connectivity index (χ1v) is 9.58. The molecule has 0 amide bonds. The van der Waals surface area contributed by atoms with E-state index < -0.39 is 5.97 Å². The molecule has 3 aromatic rings. The number of thiophene rings is 1. The molecule has 0 aliphatic heterocycles. The Morgan fingerprint density at radius 2 is 1.89 bits per heavy atom. The second-order valence-corrected chi connectivity index (χ2v) is 7.14. The van der Waals surface area contributed by atoms with Gasteiger partial charge in [0.1, 0.15) is 12.1 Å². The van der Waals surface area contributed by atoms with Crippen molar-refractivity contribution in [2.24, 2.45) is 0 Å². The first-order chi connectivity index (χ1) is 13.7. The minimum Gasteiger partial charge on any atom is -0.462 e. The summed E-state index contributed by atoms with van der Waals surface area (Å²) < 4.78 is 5.49. The third kappa shape index (κ3) is 2.79. The van der Waals surface area contributed by atoms with Gasteiger partial charge in [-0.25, -0.2) is 4.79 Å². The Balaban J connectivity index is 1.78. The molecule has 134 valence electrons. The average Bonchev–Trinajstić information content (AvgIpc) is 3.34. The third-order valence-electron chi connectivity index (χ3n) is 4.81. The standard InChI is InChI=1S/C23H14N2O2S/c1-14-17-4-2-3-5-18(17)22-19(10-16(11-24)20(12-25)21(14)22)23(26)27-8-6-15-7-9-28-13-15/h2-5,7,9-10,13H,1,6,8H2. The van der Waals surface area contributed by atoms with Gasteiger partial charge in [0.15, 0.2) is 0 Å². The second kappa shape index (κ2) is 7.15. The topological polar surface area (TPSA) is 73.9 Å². The van der Waals surface area contributed by atoms with E-state index in [4.69, 9.17) is 4.74 Å². The lowest BCUT2D eigenvalue weighted by Gasteiger charge is -2.12. The van der Waals surface area contributed by atoms with E-state index in [0.29, 0.717) is 28.7 Å². The molecule has 4 rings (SSSR count). The lowest BCUT2D eigenvalue weighted by atomic mass is 9.91. The maximum atomic E-state index is 12.9. The minimum atomic E-state index is -0.503. The Labute approximate surface area is 166 Å². The number of rotatable bonds is 4. The molecule has 1 heterocycles. The minimum absolute atomic E-state index is 0.153. The van der Waals surface area contributed by atoms with Crippen LogP contribution >= 0.6 is 11.3 Å². The molecule has 1 aromatic heterocycles. The number of benzene rings is 2. The Morgan fingerprint density at radius 1 is 1.11 bits per heavy atom. The van der Waals surface area contributed by atoms with Crippen molar-refractivity contribution in [2.45, 2.75) is 6.42 Å². The van der Waals surface area contributed by atoms with Gasteiger partial charge < -0.3 is 4.74 Å². The molecule has 1 aliphatic carbocycles. The highest BCUT2D eigenvalue weighted by molar-refractivity contribution is 7.07. The zero-order valence-corrected chi connectivity index (χ0v) is 15.7. The Kier molecular flexibility index (Phi) is 4.53. The van der Waals surface area contributed by atoms with Gasteiger partial charge in [-0.2, -0.15) is 21.9 Å². The summed E-state index contributed by atoms with van der Waals surface area (Å²) in [5.74, 6) is -0.503. The maximum Gasteiger partial charge on any atom is 0.338 e. The van der Waals surface area contributed by atoms with Crippen molar-refractivity contribution in [3.05, 3.63) is 87.1 Å². The zero-order valence-electron chi connectivity index (χ0n) is 14.9. The molecule has 0 saturated heterocycles. The first-order valence-electron chi connectivity index (χ1n) is 8.64. The van der Waals surface area contributed by atoms with Crippen molar-refractivity contribution >= 4 is 22.9 Å². The summed E-state index contributed by atoms with van der Waals surface area (Å²) in [4.78, 5) is 12.9. The van der Waals surface area contributed by atoms with Gasteiger partial charge in [0, 0.05) is 17.5 Å². The fourth-order valence-electron chi connectivity index (χ4n) is 3.50. The average molecular weight is 382 g/mol. The van der Waals surface area contributed by atoms with Gasteiger partial charge >= 0.3 is 5.97 Å². The molecule has 4 nitrogen and oxygen atoms in total. The van der Waals surface area contributed by atoms with Crippen LogP contribution in [-0.2, 0) is 11.2 Å². The fourth-order valence-corrected chi connectivity index (χ4v) is 4.21. The molecule has 0 fully saturated rings. The monoisotopic (exact) mass is 382 g/mol. The molecule has 0 atom stereocenters. The molecule has 0 spiro atoms. The van der Waals surface area contributed by atoms with E-state index in [-0.39, 0.29) is 17.7 Å². The number of nitriles is 2. The zero-order chi connectivity index (χ0) is 19.7. The van der Waals surface area contributed by atoms with Crippen molar-refractivity contribution in [1.82, 2.24) is 0 Å². The van der Waals surface area contributed by atoms with Crippen molar-refractivity contribution in [1.29, 1.82) is 10.5 Å². The van der Waals surface area contributed by atoms with Crippen molar-refractivity contribution < 1.29 is 9.53 Å². The third-order valence-corrected chi connectivity index (χ3v) is 5.54. The van der Waals surface area contributed by atoms with E-state index in [9.17, 15) is 15.3 Å². The summed E-state index contributed by atoms with van der Waals surface area (Å²) >= 11 is 1.60. The molecule has 5 heteroatoms. The number of fused-ring (bicyclic) bond motifs is 3. The SMILES string of the molecule is C=C1c2ccccc2-c2c(C(=O)OCCc3ccsc3)cc(C#N)c(C#N)c21. The van der Waals surface area contributed by atoms with E-state index in [1.165, 1.54) is 6.07 Å².